The molecule has 0 aromatic carbocycles. The lowest BCUT2D eigenvalue weighted by atomic mass is 10.3. The maximum absolute atomic E-state index is 13.0. The molecule has 2 N–H and O–H groups in total. The normalized spacial score (nSPS) is 11.0. The van der Waals surface area contributed by atoms with Gasteiger partial charge in [0.1, 0.15) is 5.52 Å². The molecule has 3 aromatic rings. The third kappa shape index (κ3) is 1.56. The van der Waals surface area contributed by atoms with Crippen LogP contribution in [0.5, 0.6) is 0 Å². The van der Waals surface area contributed by atoms with E-state index in [9.17, 15) is 4.39 Å². The second-order valence-electron chi connectivity index (χ2n) is 3.88. The van der Waals surface area contributed by atoms with E-state index in [0.29, 0.717) is 5.52 Å². The number of nitrogens with zero attached hydrogens (tertiary/aromatic N) is 5. The predicted octanol–water partition coefficient (Wildman–Crippen LogP) is 1.24. The largest absolute Gasteiger partial charge is 0.381 e. The Labute approximate surface area is 101 Å². The van der Waals surface area contributed by atoms with Crippen LogP contribution in [0.2, 0.25) is 0 Å². The summed E-state index contributed by atoms with van der Waals surface area (Å²) in [7, 11) is 0. The first-order valence-corrected chi connectivity index (χ1v) is 5.24. The van der Waals surface area contributed by atoms with Crippen LogP contribution < -0.4 is 5.73 Å². The monoisotopic (exact) mass is 244 g/mol. The van der Waals surface area contributed by atoms with Crippen molar-refractivity contribution < 1.29 is 4.39 Å². The van der Waals surface area contributed by atoms with Gasteiger partial charge in [0.2, 0.25) is 0 Å². The van der Waals surface area contributed by atoms with E-state index in [2.05, 4.69) is 20.1 Å². The van der Waals surface area contributed by atoms with Gasteiger partial charge >= 0.3 is 0 Å². The lowest BCUT2D eigenvalue weighted by Crippen LogP contribution is -2.06. The van der Waals surface area contributed by atoms with Crippen molar-refractivity contribution in [1.82, 2.24) is 24.7 Å². The molecule has 0 aliphatic carbocycles. The van der Waals surface area contributed by atoms with Crippen molar-refractivity contribution in [3.8, 4) is 5.95 Å². The molecule has 0 saturated heterocycles. The van der Waals surface area contributed by atoms with Gasteiger partial charge in [0.25, 0.3) is 5.95 Å². The number of halogens is 1. The van der Waals surface area contributed by atoms with Crippen LogP contribution in [0, 0.1) is 12.7 Å². The minimum atomic E-state index is -0.649. The van der Waals surface area contributed by atoms with E-state index in [1.807, 2.05) is 13.0 Å². The Morgan fingerprint density at radius 3 is 2.83 bits per heavy atom. The van der Waals surface area contributed by atoms with Crippen LogP contribution in [0.25, 0.3) is 17.0 Å². The maximum atomic E-state index is 13.0. The number of anilines is 1. The molecule has 0 amide bonds. The highest BCUT2D eigenvalue weighted by Gasteiger charge is 2.10. The minimum Gasteiger partial charge on any atom is -0.381 e. The molecule has 0 saturated carbocycles. The molecule has 0 unspecified atom stereocenters. The van der Waals surface area contributed by atoms with Crippen LogP contribution in [0.4, 0.5) is 10.2 Å². The Bertz CT molecular complexity index is 735. The Kier molecular flexibility index (Phi) is 2.19. The zero-order valence-electron chi connectivity index (χ0n) is 9.50. The first kappa shape index (κ1) is 10.6. The van der Waals surface area contributed by atoms with Crippen LogP contribution in [-0.2, 0) is 0 Å². The Morgan fingerprint density at radius 1 is 1.22 bits per heavy atom. The van der Waals surface area contributed by atoms with Crippen LogP contribution in [0.15, 0.2) is 24.7 Å². The van der Waals surface area contributed by atoms with Crippen LogP contribution >= 0.6 is 0 Å². The highest BCUT2D eigenvalue weighted by Crippen LogP contribution is 2.16. The van der Waals surface area contributed by atoms with Crippen molar-refractivity contribution in [2.45, 2.75) is 6.92 Å². The quantitative estimate of drug-likeness (QED) is 0.696. The standard InChI is InChI=1S/C11H9FN6/c1-6-2-9-8(14-3-6)5-16-18(9)11-15-4-7(12)10(13)17-11/h2-5H,1H3,(H2,13,15,17). The number of aromatic nitrogens is 5. The minimum absolute atomic E-state index is 0.204. The molecule has 0 aliphatic rings. The topological polar surface area (TPSA) is 82.5 Å². The first-order chi connectivity index (χ1) is 8.65. The summed E-state index contributed by atoms with van der Waals surface area (Å²) in [5.41, 5.74) is 7.87. The SMILES string of the molecule is Cc1cnc2cnn(-c3ncc(F)c(N)n3)c2c1. The van der Waals surface area contributed by atoms with Gasteiger partial charge in [0, 0.05) is 6.20 Å². The fourth-order valence-electron chi connectivity index (χ4n) is 1.64. The number of nitrogens with two attached hydrogens (primary N) is 1. The van der Waals surface area contributed by atoms with Crippen LogP contribution in [0.3, 0.4) is 0 Å². The Hall–Kier alpha value is -2.57. The second kappa shape index (κ2) is 3.73. The van der Waals surface area contributed by atoms with E-state index in [-0.39, 0.29) is 11.8 Å². The average molecular weight is 244 g/mol. The van der Waals surface area contributed by atoms with E-state index in [1.54, 1.807) is 12.4 Å². The van der Waals surface area contributed by atoms with E-state index in [4.69, 9.17) is 5.73 Å². The smallest absolute Gasteiger partial charge is 0.253 e. The lowest BCUT2D eigenvalue weighted by Gasteiger charge is -2.03. The number of nitrogen functional groups attached to an aromatic ring is 1. The Balaban J connectivity index is 2.24. The van der Waals surface area contributed by atoms with Crippen molar-refractivity contribution >= 4 is 16.9 Å². The zero-order chi connectivity index (χ0) is 12.7. The number of hydrogen-bond donors (Lipinski definition) is 1. The van der Waals surface area contributed by atoms with Crippen LogP contribution in [-0.4, -0.2) is 24.7 Å². The number of fused-ring (bicyclic) bond motifs is 1. The van der Waals surface area contributed by atoms with Gasteiger partial charge in [-0.05, 0) is 18.6 Å². The van der Waals surface area contributed by atoms with Crippen molar-refractivity contribution in [3.63, 3.8) is 0 Å². The third-order valence-corrected chi connectivity index (χ3v) is 2.51. The van der Waals surface area contributed by atoms with Crippen molar-refractivity contribution in [2.75, 3.05) is 5.73 Å². The van der Waals surface area contributed by atoms with Gasteiger partial charge in [0.15, 0.2) is 11.6 Å². The summed E-state index contributed by atoms with van der Waals surface area (Å²) < 4.78 is 14.5. The van der Waals surface area contributed by atoms with Gasteiger partial charge in [-0.25, -0.2) is 9.37 Å². The highest BCUT2D eigenvalue weighted by atomic mass is 19.1. The first-order valence-electron chi connectivity index (χ1n) is 5.24. The summed E-state index contributed by atoms with van der Waals surface area (Å²) in [6.45, 7) is 1.92. The summed E-state index contributed by atoms with van der Waals surface area (Å²) in [5, 5.41) is 4.13. The van der Waals surface area contributed by atoms with Gasteiger partial charge in [-0.3, -0.25) is 4.98 Å². The van der Waals surface area contributed by atoms with Gasteiger partial charge in [-0.2, -0.15) is 14.8 Å². The van der Waals surface area contributed by atoms with Gasteiger partial charge < -0.3 is 5.73 Å². The maximum Gasteiger partial charge on any atom is 0.253 e. The molecule has 18 heavy (non-hydrogen) atoms. The van der Waals surface area contributed by atoms with Crippen molar-refractivity contribution in [2.24, 2.45) is 0 Å². The van der Waals surface area contributed by atoms with Gasteiger partial charge in [-0.1, -0.05) is 0 Å². The molecule has 0 atom stereocenters. The summed E-state index contributed by atoms with van der Waals surface area (Å²) in [4.78, 5) is 11.9. The molecule has 90 valence electrons. The fraction of sp³-hybridized carbons (Fsp3) is 0.0909. The molecule has 0 spiro atoms. The summed E-state index contributed by atoms with van der Waals surface area (Å²) in [5.74, 6) is -0.634. The molecule has 0 bridgehead atoms. The molecule has 0 aliphatic heterocycles. The number of rotatable bonds is 1. The predicted molar refractivity (Wildman–Crippen MR) is 63.6 cm³/mol. The lowest BCUT2D eigenvalue weighted by molar-refractivity contribution is 0.616. The summed E-state index contributed by atoms with van der Waals surface area (Å²) in [6, 6.07) is 1.90. The van der Waals surface area contributed by atoms with Crippen molar-refractivity contribution in [3.05, 3.63) is 36.0 Å². The van der Waals surface area contributed by atoms with Gasteiger partial charge in [-0.15, -0.1) is 0 Å². The zero-order valence-corrected chi connectivity index (χ0v) is 9.50. The molecular formula is C11H9FN6. The average Bonchev–Trinajstić information content (AvgIpc) is 2.75. The number of pyridine rings is 1. The van der Waals surface area contributed by atoms with E-state index in [1.165, 1.54) is 4.68 Å². The van der Waals surface area contributed by atoms with E-state index in [0.717, 1.165) is 17.3 Å². The number of aryl methyl sites for hydroxylation is 1. The summed E-state index contributed by atoms with van der Waals surface area (Å²) >= 11 is 0. The third-order valence-electron chi connectivity index (χ3n) is 2.51. The second-order valence-corrected chi connectivity index (χ2v) is 3.88. The highest BCUT2D eigenvalue weighted by molar-refractivity contribution is 5.75. The van der Waals surface area contributed by atoms with Crippen LogP contribution in [0.1, 0.15) is 5.56 Å². The summed E-state index contributed by atoms with van der Waals surface area (Å²) in [6.07, 6.45) is 4.36. The molecule has 3 rings (SSSR count). The van der Waals surface area contributed by atoms with Gasteiger partial charge in [0.05, 0.1) is 17.9 Å². The van der Waals surface area contributed by atoms with E-state index < -0.39 is 5.82 Å². The molecular weight excluding hydrogens is 235 g/mol. The van der Waals surface area contributed by atoms with Crippen molar-refractivity contribution in [1.29, 1.82) is 0 Å². The molecule has 3 heterocycles. The molecule has 7 heteroatoms. The molecule has 6 nitrogen and oxygen atoms in total. The fourth-order valence-corrected chi connectivity index (χ4v) is 1.64. The molecule has 0 fully saturated rings. The number of hydrogen-bond acceptors (Lipinski definition) is 5. The Morgan fingerprint density at radius 2 is 2.06 bits per heavy atom. The molecule has 3 aromatic heterocycles. The van der Waals surface area contributed by atoms with E-state index >= 15 is 0 Å². The molecule has 0 radical (unpaired) electrons.